The van der Waals surface area contributed by atoms with Crippen molar-refractivity contribution in [2.24, 2.45) is 5.73 Å². The third-order valence-electron chi connectivity index (χ3n) is 8.07. The molecule has 0 radical (unpaired) electrons. The molecule has 0 saturated carbocycles. The van der Waals surface area contributed by atoms with Crippen molar-refractivity contribution >= 4 is 25.7 Å². The summed E-state index contributed by atoms with van der Waals surface area (Å²) in [5.74, 6) is -2.69. The second-order valence-corrected chi connectivity index (χ2v) is 15.2. The van der Waals surface area contributed by atoms with Gasteiger partial charge in [-0.05, 0) is 77.0 Å². The van der Waals surface area contributed by atoms with Crippen molar-refractivity contribution in [3.05, 3.63) is 134 Å². The summed E-state index contributed by atoms with van der Waals surface area (Å²) in [5.41, 5.74) is 5.31. The van der Waals surface area contributed by atoms with Gasteiger partial charge in [0.05, 0.1) is 25.4 Å². The summed E-state index contributed by atoms with van der Waals surface area (Å²) in [7, 11) is -4.79. The quantitative estimate of drug-likeness (QED) is 0.0130. The number of carbonyl (C=O) groups excluding carboxylic acids is 2. The van der Waals surface area contributed by atoms with Gasteiger partial charge in [-0.2, -0.15) is 0 Å². The third kappa shape index (κ3) is 39.7. The van der Waals surface area contributed by atoms with Crippen molar-refractivity contribution in [3.8, 4) is 0 Å². The minimum atomic E-state index is -4.79. The van der Waals surface area contributed by atoms with Crippen molar-refractivity contribution < 1.29 is 57.7 Å². The molecule has 13 nitrogen and oxygen atoms in total. The highest BCUT2D eigenvalue weighted by molar-refractivity contribution is 7.47. The molecule has 0 fully saturated rings. The average molecular weight is 886 g/mol. The van der Waals surface area contributed by atoms with E-state index < -0.39 is 69.9 Å². The fraction of sp³-hybridized carbons (Fsp3) is 0.479. The largest absolute Gasteiger partial charge is 0.480 e. The van der Waals surface area contributed by atoms with Crippen LogP contribution < -0.4 is 5.73 Å². The number of allylic oxidation sites excluding steroid dienone is 18. The van der Waals surface area contributed by atoms with Gasteiger partial charge in [-0.25, -0.2) is 4.57 Å². The molecule has 6 N–H and O–H groups in total. The lowest BCUT2D eigenvalue weighted by molar-refractivity contribution is -0.161. The zero-order valence-corrected chi connectivity index (χ0v) is 37.5. The Kier molecular flexibility index (Phi) is 37.7. The van der Waals surface area contributed by atoms with Crippen molar-refractivity contribution in [2.75, 3.05) is 19.8 Å². The molecule has 14 heteroatoms. The molecule has 62 heavy (non-hydrogen) atoms. The predicted octanol–water partition coefficient (Wildman–Crippen LogP) is 9.33. The van der Waals surface area contributed by atoms with E-state index in [1.165, 1.54) is 0 Å². The van der Waals surface area contributed by atoms with Crippen LogP contribution in [0.4, 0.5) is 0 Å². The molecule has 0 spiro atoms. The highest BCUT2D eigenvalue weighted by Crippen LogP contribution is 2.43. The Bertz CT molecular complexity index is 1590. The second-order valence-electron chi connectivity index (χ2n) is 13.8. The third-order valence-corrected chi connectivity index (χ3v) is 9.02. The van der Waals surface area contributed by atoms with E-state index in [0.717, 1.165) is 38.5 Å². The molecule has 0 bridgehead atoms. The topological polar surface area (TPSA) is 212 Å². The molecule has 0 aliphatic rings. The maximum Gasteiger partial charge on any atom is 0.472 e. The average Bonchev–Trinajstić information content (AvgIpc) is 3.24. The Morgan fingerprint density at radius 1 is 0.597 bits per heavy atom. The number of ether oxygens (including phenoxy) is 2. The summed E-state index contributed by atoms with van der Waals surface area (Å²) in [5, 5.41) is 28.9. The van der Waals surface area contributed by atoms with Crippen LogP contribution in [0.1, 0.15) is 104 Å². The van der Waals surface area contributed by atoms with E-state index in [1.54, 1.807) is 30.4 Å². The van der Waals surface area contributed by atoms with Gasteiger partial charge in [0.1, 0.15) is 12.6 Å². The van der Waals surface area contributed by atoms with Gasteiger partial charge in [-0.3, -0.25) is 23.4 Å². The molecule has 5 atom stereocenters. The number of aliphatic carboxylic acids is 1. The normalized spacial score (nSPS) is 16.0. The predicted molar refractivity (Wildman–Crippen MR) is 247 cm³/mol. The van der Waals surface area contributed by atoms with Crippen molar-refractivity contribution in [1.82, 2.24) is 0 Å². The molecule has 0 saturated heterocycles. The first-order valence-electron chi connectivity index (χ1n) is 21.4. The summed E-state index contributed by atoms with van der Waals surface area (Å²) in [6.45, 7) is 2.21. The number of carboxylic acid groups (broad SMARTS) is 1. The number of hydrogen-bond acceptors (Lipinski definition) is 11. The number of hydrogen-bond donors (Lipinski definition) is 5. The molecule has 0 aromatic heterocycles. The van der Waals surface area contributed by atoms with Gasteiger partial charge in [0.15, 0.2) is 6.10 Å². The van der Waals surface area contributed by atoms with Crippen LogP contribution in [0.15, 0.2) is 134 Å². The molecular weight excluding hydrogens is 813 g/mol. The number of esters is 2. The van der Waals surface area contributed by atoms with Gasteiger partial charge >= 0.3 is 25.7 Å². The van der Waals surface area contributed by atoms with E-state index in [2.05, 4.69) is 60.1 Å². The molecule has 0 aromatic rings. The summed E-state index contributed by atoms with van der Waals surface area (Å²) in [6.07, 6.45) is 48.9. The Morgan fingerprint density at radius 2 is 1.10 bits per heavy atom. The van der Waals surface area contributed by atoms with Crippen LogP contribution >= 0.6 is 7.82 Å². The van der Waals surface area contributed by atoms with E-state index in [1.807, 2.05) is 61.6 Å². The SMILES string of the molecule is CC/C=C\C/C=C\C/C=C\C/C=C\C/C=C\CCCC(=O)O[C@H](COC(=O)CCC/C=C\[C@H](O)/C=C/C=C\C/C=C\C=C\[C@H](O)C/C=C\CC)COP(=O)(O)OC[C@H](N)C(=O)O. The molecule has 0 aromatic carbocycles. The first-order chi connectivity index (χ1) is 29.9. The molecule has 346 valence electrons. The molecule has 0 amide bonds. The maximum absolute atomic E-state index is 12.6. The van der Waals surface area contributed by atoms with Crippen LogP contribution in [0, 0.1) is 0 Å². The monoisotopic (exact) mass is 885 g/mol. The van der Waals surface area contributed by atoms with Crippen molar-refractivity contribution in [3.63, 3.8) is 0 Å². The standard InChI is InChI=1S/C48H72NO12P/c1-3-5-7-8-9-10-11-12-13-14-15-16-17-18-22-25-31-38-47(53)61-44(40-59-62(56,57)60-41-45(49)48(54)55)39-58-46(52)37-32-26-30-36-43(51)35-29-24-21-19-20-23-28-34-42(50)33-27-6-4-2/h5-7,9-10,12-13,15-16,18,20-24,27-30,34-36,42-45,50-51H,3-4,8,11,14,17,19,25-26,31-33,37-41,49H2,1-2H3,(H,54,55)(H,56,57)/b7-5-,10-9-,13-12-,16-15-,22-18-,23-20-,24-21-,27-6-,34-28+,35-29+,36-30-/t42-,43-,44-,45+/m1/s1. The van der Waals surface area contributed by atoms with Crippen LogP contribution in [0.3, 0.4) is 0 Å². The Morgan fingerprint density at radius 3 is 1.69 bits per heavy atom. The van der Waals surface area contributed by atoms with Crippen LogP contribution in [0.25, 0.3) is 0 Å². The first kappa shape index (κ1) is 57.5. The van der Waals surface area contributed by atoms with Gasteiger partial charge in [-0.15, -0.1) is 0 Å². The van der Waals surface area contributed by atoms with E-state index >= 15 is 0 Å². The molecule has 0 aliphatic carbocycles. The number of unbranched alkanes of at least 4 members (excludes halogenated alkanes) is 2. The lowest BCUT2D eigenvalue weighted by Gasteiger charge is -2.20. The number of aliphatic hydroxyl groups is 2. The van der Waals surface area contributed by atoms with E-state index in [9.17, 15) is 34.1 Å². The van der Waals surface area contributed by atoms with Crippen LogP contribution in [0.5, 0.6) is 0 Å². The van der Waals surface area contributed by atoms with Gasteiger partial charge < -0.3 is 35.4 Å². The van der Waals surface area contributed by atoms with E-state index in [0.29, 0.717) is 38.5 Å². The van der Waals surface area contributed by atoms with Crippen molar-refractivity contribution in [2.45, 2.75) is 128 Å². The minimum absolute atomic E-state index is 0.0139. The Hall–Kier alpha value is -4.46. The van der Waals surface area contributed by atoms with Gasteiger partial charge in [0.2, 0.25) is 0 Å². The molecule has 0 heterocycles. The number of carboxylic acids is 1. The number of phosphoric acid groups is 1. The van der Waals surface area contributed by atoms with Crippen LogP contribution in [0.2, 0.25) is 0 Å². The number of phosphoric ester groups is 1. The van der Waals surface area contributed by atoms with Crippen molar-refractivity contribution in [1.29, 1.82) is 0 Å². The Balaban J connectivity index is 4.74. The fourth-order valence-corrected chi connectivity index (χ4v) is 5.50. The van der Waals surface area contributed by atoms with Gasteiger partial charge in [0, 0.05) is 12.8 Å². The summed E-state index contributed by atoms with van der Waals surface area (Å²) >= 11 is 0. The summed E-state index contributed by atoms with van der Waals surface area (Å²) in [6, 6.07) is -1.57. The van der Waals surface area contributed by atoms with E-state index in [-0.39, 0.29) is 12.8 Å². The molecule has 0 aliphatic heterocycles. The number of nitrogens with two attached hydrogens (primary N) is 1. The maximum atomic E-state index is 12.6. The number of aliphatic hydroxyl groups excluding tert-OH is 2. The van der Waals surface area contributed by atoms with E-state index in [4.69, 9.17) is 24.8 Å². The zero-order chi connectivity index (χ0) is 45.9. The highest BCUT2D eigenvalue weighted by atomic mass is 31.2. The fourth-order valence-electron chi connectivity index (χ4n) is 4.72. The number of rotatable bonds is 37. The molecule has 1 unspecified atom stereocenters. The summed E-state index contributed by atoms with van der Waals surface area (Å²) < 4.78 is 32.5. The first-order valence-corrected chi connectivity index (χ1v) is 22.9. The smallest absolute Gasteiger partial charge is 0.472 e. The van der Waals surface area contributed by atoms with Gasteiger partial charge in [-0.1, -0.05) is 148 Å². The molecule has 0 rings (SSSR count). The second kappa shape index (κ2) is 40.6. The lowest BCUT2D eigenvalue weighted by atomic mass is 10.2. The number of carbonyl (C=O) groups is 3. The van der Waals surface area contributed by atoms with Crippen LogP contribution in [-0.2, 0) is 37.5 Å². The zero-order valence-electron chi connectivity index (χ0n) is 36.6. The molecular formula is C48H72NO12P. The summed E-state index contributed by atoms with van der Waals surface area (Å²) in [4.78, 5) is 45.9. The highest BCUT2D eigenvalue weighted by Gasteiger charge is 2.28. The minimum Gasteiger partial charge on any atom is -0.480 e. The Labute approximate surface area is 369 Å². The van der Waals surface area contributed by atoms with Gasteiger partial charge in [0.25, 0.3) is 0 Å². The van der Waals surface area contributed by atoms with Crippen LogP contribution in [-0.4, -0.2) is 82.3 Å². The lowest BCUT2D eigenvalue weighted by Crippen LogP contribution is -2.34.